The maximum Gasteiger partial charge on any atom is 0.356 e. The number of hydrogen-bond donors (Lipinski definition) is 2. The Morgan fingerprint density at radius 2 is 2.16 bits per heavy atom. The zero-order valence-electron chi connectivity index (χ0n) is 10.0. The Labute approximate surface area is 113 Å². The molecular weight excluding hydrogens is 292 g/mol. The number of ketones is 1. The Balaban J connectivity index is 2.20. The van der Waals surface area contributed by atoms with Crippen molar-refractivity contribution in [3.63, 3.8) is 0 Å². The molecule has 0 saturated carbocycles. The molecule has 1 aliphatic rings. The summed E-state index contributed by atoms with van der Waals surface area (Å²) in [5.41, 5.74) is -0.291. The highest BCUT2D eigenvalue weighted by atomic mass is 32.2. The van der Waals surface area contributed by atoms with Crippen LogP contribution in [0, 0.1) is 0 Å². The number of nitrogens with zero attached hydrogens (tertiary/aromatic N) is 1. The van der Waals surface area contributed by atoms with E-state index in [-0.39, 0.29) is 39.0 Å². The van der Waals surface area contributed by atoms with Crippen molar-refractivity contribution in [3.8, 4) is 0 Å². The van der Waals surface area contributed by atoms with Gasteiger partial charge in [-0.3, -0.25) is 4.79 Å². The first-order valence-corrected chi connectivity index (χ1v) is 8.14. The fraction of sp³-hybridized carbons (Fsp3) is 0.500. The SMILES string of the molecule is CC(=O)c1sc(NC2CCS(=O)(=O)C2)nc1C(=O)O. The number of carboxylic acid groups (broad SMARTS) is 1. The van der Waals surface area contributed by atoms with E-state index < -0.39 is 15.8 Å². The van der Waals surface area contributed by atoms with Crippen molar-refractivity contribution >= 4 is 38.1 Å². The van der Waals surface area contributed by atoms with Crippen LogP contribution in [-0.4, -0.2) is 47.8 Å². The van der Waals surface area contributed by atoms with Crippen LogP contribution in [0.1, 0.15) is 33.5 Å². The van der Waals surface area contributed by atoms with Gasteiger partial charge in [0, 0.05) is 13.0 Å². The third kappa shape index (κ3) is 3.10. The third-order valence-corrected chi connectivity index (χ3v) is 5.56. The molecule has 1 unspecified atom stereocenters. The molecular formula is C10H12N2O5S2. The summed E-state index contributed by atoms with van der Waals surface area (Å²) in [6.45, 7) is 1.27. The number of nitrogens with one attached hydrogen (secondary N) is 1. The molecule has 0 amide bonds. The Morgan fingerprint density at radius 1 is 1.47 bits per heavy atom. The van der Waals surface area contributed by atoms with Gasteiger partial charge in [0.2, 0.25) is 0 Å². The van der Waals surface area contributed by atoms with Gasteiger partial charge in [-0.05, 0) is 6.42 Å². The van der Waals surface area contributed by atoms with Gasteiger partial charge in [0.05, 0.1) is 11.5 Å². The molecule has 2 rings (SSSR count). The van der Waals surface area contributed by atoms with Gasteiger partial charge in [-0.15, -0.1) is 0 Å². The largest absolute Gasteiger partial charge is 0.476 e. The van der Waals surface area contributed by atoms with Gasteiger partial charge in [-0.2, -0.15) is 0 Å². The molecule has 1 saturated heterocycles. The Bertz CT molecular complexity index is 603. The first-order valence-electron chi connectivity index (χ1n) is 5.50. The molecule has 0 bridgehead atoms. The molecule has 2 N–H and O–H groups in total. The van der Waals surface area contributed by atoms with E-state index in [4.69, 9.17) is 5.11 Å². The molecule has 19 heavy (non-hydrogen) atoms. The van der Waals surface area contributed by atoms with E-state index >= 15 is 0 Å². The topological polar surface area (TPSA) is 113 Å². The fourth-order valence-electron chi connectivity index (χ4n) is 1.85. The standard InChI is InChI=1S/C10H12N2O5S2/c1-5(13)8-7(9(14)15)12-10(18-8)11-6-2-3-19(16,17)4-6/h6H,2-4H2,1H3,(H,11,12)(H,14,15). The van der Waals surface area contributed by atoms with Crippen molar-refractivity contribution < 1.29 is 23.1 Å². The van der Waals surface area contributed by atoms with E-state index in [0.29, 0.717) is 6.42 Å². The summed E-state index contributed by atoms with van der Waals surface area (Å²) in [5, 5.41) is 12.1. The van der Waals surface area contributed by atoms with E-state index in [9.17, 15) is 18.0 Å². The molecule has 1 atom stereocenters. The molecule has 0 aliphatic carbocycles. The number of hydrogen-bond acceptors (Lipinski definition) is 7. The highest BCUT2D eigenvalue weighted by Crippen LogP contribution is 2.26. The molecule has 9 heteroatoms. The molecule has 7 nitrogen and oxygen atoms in total. The zero-order chi connectivity index (χ0) is 14.2. The molecule has 1 aromatic rings. The summed E-state index contributed by atoms with van der Waals surface area (Å²) in [6, 6.07) is -0.280. The minimum Gasteiger partial charge on any atom is -0.476 e. The highest BCUT2D eigenvalue weighted by molar-refractivity contribution is 7.91. The summed E-state index contributed by atoms with van der Waals surface area (Å²) in [5.74, 6) is -1.53. The predicted molar refractivity (Wildman–Crippen MR) is 69.8 cm³/mol. The quantitative estimate of drug-likeness (QED) is 0.785. The van der Waals surface area contributed by atoms with Crippen LogP contribution in [0.5, 0.6) is 0 Å². The van der Waals surface area contributed by atoms with E-state index in [1.807, 2.05) is 0 Å². The smallest absolute Gasteiger partial charge is 0.356 e. The minimum atomic E-state index is -3.02. The molecule has 0 radical (unpaired) electrons. The van der Waals surface area contributed by atoms with Crippen molar-refractivity contribution in [3.05, 3.63) is 10.6 Å². The lowest BCUT2D eigenvalue weighted by atomic mass is 10.3. The second kappa shape index (κ2) is 4.89. The second-order valence-electron chi connectivity index (χ2n) is 4.30. The van der Waals surface area contributed by atoms with Gasteiger partial charge >= 0.3 is 5.97 Å². The first-order chi connectivity index (χ1) is 8.78. The van der Waals surface area contributed by atoms with Crippen LogP contribution in [0.15, 0.2) is 0 Å². The van der Waals surface area contributed by atoms with Crippen LogP contribution in [0.2, 0.25) is 0 Å². The maximum absolute atomic E-state index is 11.3. The Morgan fingerprint density at radius 3 is 2.58 bits per heavy atom. The van der Waals surface area contributed by atoms with Crippen LogP contribution in [0.25, 0.3) is 0 Å². The van der Waals surface area contributed by atoms with Crippen molar-refractivity contribution in [1.82, 2.24) is 4.98 Å². The number of anilines is 1. The van der Waals surface area contributed by atoms with Crippen LogP contribution < -0.4 is 5.32 Å². The average Bonchev–Trinajstić information content (AvgIpc) is 2.83. The number of Topliss-reactive ketones (excluding diaryl/α,β-unsaturated/α-hetero) is 1. The van der Waals surface area contributed by atoms with Crippen LogP contribution in [0.3, 0.4) is 0 Å². The van der Waals surface area contributed by atoms with Crippen molar-refractivity contribution in [2.24, 2.45) is 0 Å². The number of sulfone groups is 1. The molecule has 1 fully saturated rings. The van der Waals surface area contributed by atoms with Gasteiger partial charge in [-0.1, -0.05) is 11.3 Å². The van der Waals surface area contributed by atoms with Gasteiger partial charge in [0.25, 0.3) is 0 Å². The summed E-state index contributed by atoms with van der Waals surface area (Å²) in [4.78, 5) is 26.2. The lowest BCUT2D eigenvalue weighted by Gasteiger charge is -2.07. The second-order valence-corrected chi connectivity index (χ2v) is 7.53. The highest BCUT2D eigenvalue weighted by Gasteiger charge is 2.29. The van der Waals surface area contributed by atoms with Crippen molar-refractivity contribution in [2.75, 3.05) is 16.8 Å². The molecule has 0 spiro atoms. The van der Waals surface area contributed by atoms with Gasteiger partial charge in [0.15, 0.2) is 26.4 Å². The lowest BCUT2D eigenvalue weighted by Crippen LogP contribution is -2.20. The van der Waals surface area contributed by atoms with Crippen molar-refractivity contribution in [2.45, 2.75) is 19.4 Å². The van der Waals surface area contributed by atoms with E-state index in [1.165, 1.54) is 6.92 Å². The van der Waals surface area contributed by atoms with Gasteiger partial charge < -0.3 is 10.4 Å². The van der Waals surface area contributed by atoms with Gasteiger partial charge in [-0.25, -0.2) is 18.2 Å². The van der Waals surface area contributed by atoms with Crippen LogP contribution >= 0.6 is 11.3 Å². The molecule has 104 valence electrons. The van der Waals surface area contributed by atoms with Crippen molar-refractivity contribution in [1.29, 1.82) is 0 Å². The number of carbonyl (C=O) groups is 2. The molecule has 1 aromatic heterocycles. The Hall–Kier alpha value is -1.48. The summed E-state index contributed by atoms with van der Waals surface area (Å²) >= 11 is 0.936. The number of carbonyl (C=O) groups excluding carboxylic acids is 1. The predicted octanol–water partition coefficient (Wildman–Crippen LogP) is 0.643. The first kappa shape index (κ1) is 13.9. The third-order valence-electron chi connectivity index (χ3n) is 2.71. The number of carboxylic acids is 1. The molecule has 0 aromatic carbocycles. The van der Waals surface area contributed by atoms with E-state index in [1.54, 1.807) is 0 Å². The number of rotatable bonds is 4. The molecule has 1 aliphatic heterocycles. The van der Waals surface area contributed by atoms with E-state index in [0.717, 1.165) is 11.3 Å². The molecule has 2 heterocycles. The minimum absolute atomic E-state index is 0.00435. The van der Waals surface area contributed by atoms with Crippen LogP contribution in [0.4, 0.5) is 5.13 Å². The lowest BCUT2D eigenvalue weighted by molar-refractivity contribution is 0.0687. The maximum atomic E-state index is 11.3. The van der Waals surface area contributed by atoms with E-state index in [2.05, 4.69) is 10.3 Å². The Kier molecular flexibility index (Phi) is 3.59. The summed E-state index contributed by atoms with van der Waals surface area (Å²) < 4.78 is 22.6. The number of aromatic nitrogens is 1. The fourth-order valence-corrected chi connectivity index (χ4v) is 4.45. The summed E-state index contributed by atoms with van der Waals surface area (Å²) in [7, 11) is -3.02. The zero-order valence-corrected chi connectivity index (χ0v) is 11.7. The van der Waals surface area contributed by atoms with Gasteiger partial charge in [0.1, 0.15) is 4.88 Å². The number of thiazole rings is 1. The number of aromatic carboxylic acids is 1. The van der Waals surface area contributed by atoms with Crippen LogP contribution in [-0.2, 0) is 9.84 Å². The normalized spacial score (nSPS) is 21.2. The average molecular weight is 304 g/mol. The summed E-state index contributed by atoms with van der Waals surface area (Å²) in [6.07, 6.45) is 0.458. The monoisotopic (exact) mass is 304 g/mol.